The third-order valence-electron chi connectivity index (χ3n) is 3.89. The third kappa shape index (κ3) is 5.38. The predicted molar refractivity (Wildman–Crippen MR) is 86.6 cm³/mol. The summed E-state index contributed by atoms with van der Waals surface area (Å²) < 4.78 is 10.9. The number of halogens is 1. The second kappa shape index (κ2) is 9.13. The Bertz CT molecular complexity index is 416. The molecule has 0 saturated carbocycles. The van der Waals surface area contributed by atoms with Crippen molar-refractivity contribution < 1.29 is 14.6 Å². The Balaban J connectivity index is 0.00000220. The maximum atomic E-state index is 10.1. The van der Waals surface area contributed by atoms with Gasteiger partial charge >= 0.3 is 0 Å². The number of aliphatic hydroxyl groups excluding tert-OH is 1. The van der Waals surface area contributed by atoms with Crippen molar-refractivity contribution in [3.63, 3.8) is 0 Å². The third-order valence-corrected chi connectivity index (χ3v) is 3.89. The van der Waals surface area contributed by atoms with Gasteiger partial charge in [-0.1, -0.05) is 18.6 Å². The molecular formula is C16H26ClNO3. The molecule has 1 saturated heterocycles. The van der Waals surface area contributed by atoms with Crippen LogP contribution in [0.4, 0.5) is 0 Å². The van der Waals surface area contributed by atoms with Gasteiger partial charge in [0, 0.05) is 12.6 Å². The highest BCUT2D eigenvalue weighted by atomic mass is 35.5. The van der Waals surface area contributed by atoms with Gasteiger partial charge in [0.2, 0.25) is 0 Å². The Hall–Kier alpha value is -0.970. The molecule has 0 aromatic heterocycles. The van der Waals surface area contributed by atoms with Crippen molar-refractivity contribution in [1.82, 2.24) is 4.90 Å². The number of rotatable bonds is 6. The number of β-amino-alcohol motifs (C(OH)–C–C–N with tert-alkyl or cyclic N) is 1. The number of hydrogen-bond acceptors (Lipinski definition) is 4. The molecule has 1 aliphatic rings. The number of piperidine rings is 1. The molecule has 0 radical (unpaired) electrons. The summed E-state index contributed by atoms with van der Waals surface area (Å²) in [6.07, 6.45) is 3.27. The molecule has 1 aromatic carbocycles. The molecule has 2 unspecified atom stereocenters. The number of para-hydroxylation sites is 2. The van der Waals surface area contributed by atoms with E-state index in [1.165, 1.54) is 19.3 Å². The van der Waals surface area contributed by atoms with E-state index in [9.17, 15) is 5.11 Å². The van der Waals surface area contributed by atoms with Gasteiger partial charge in [-0.05, 0) is 38.4 Å². The Morgan fingerprint density at radius 1 is 1.29 bits per heavy atom. The van der Waals surface area contributed by atoms with Gasteiger partial charge in [-0.15, -0.1) is 12.4 Å². The molecule has 0 spiro atoms. The highest BCUT2D eigenvalue weighted by Gasteiger charge is 2.21. The van der Waals surface area contributed by atoms with Gasteiger partial charge < -0.3 is 14.6 Å². The molecule has 0 bridgehead atoms. The van der Waals surface area contributed by atoms with Crippen LogP contribution in [0.1, 0.15) is 26.2 Å². The zero-order valence-electron chi connectivity index (χ0n) is 12.8. The second-order valence-corrected chi connectivity index (χ2v) is 5.46. The van der Waals surface area contributed by atoms with Crippen LogP contribution in [0.5, 0.6) is 11.5 Å². The minimum atomic E-state index is -0.472. The Morgan fingerprint density at radius 3 is 2.67 bits per heavy atom. The van der Waals surface area contributed by atoms with E-state index >= 15 is 0 Å². The van der Waals surface area contributed by atoms with Crippen molar-refractivity contribution in [3.05, 3.63) is 24.3 Å². The number of aliphatic hydroxyl groups is 1. The zero-order chi connectivity index (χ0) is 14.4. The summed E-state index contributed by atoms with van der Waals surface area (Å²) >= 11 is 0. The summed E-state index contributed by atoms with van der Waals surface area (Å²) in [6.45, 7) is 4.28. The lowest BCUT2D eigenvalue weighted by Crippen LogP contribution is -2.43. The fraction of sp³-hybridized carbons (Fsp3) is 0.625. The maximum absolute atomic E-state index is 10.1. The van der Waals surface area contributed by atoms with E-state index in [4.69, 9.17) is 9.47 Å². The van der Waals surface area contributed by atoms with E-state index < -0.39 is 6.10 Å². The molecule has 1 N–H and O–H groups in total. The largest absolute Gasteiger partial charge is 0.493 e. The topological polar surface area (TPSA) is 41.9 Å². The number of nitrogens with zero attached hydrogens (tertiary/aromatic N) is 1. The molecule has 1 heterocycles. The van der Waals surface area contributed by atoms with Gasteiger partial charge in [0.25, 0.3) is 0 Å². The molecule has 1 aliphatic heterocycles. The summed E-state index contributed by atoms with van der Waals surface area (Å²) in [4.78, 5) is 2.35. The zero-order valence-corrected chi connectivity index (χ0v) is 13.6. The van der Waals surface area contributed by atoms with Gasteiger partial charge in [0.1, 0.15) is 12.7 Å². The molecule has 2 rings (SSSR count). The second-order valence-electron chi connectivity index (χ2n) is 5.46. The number of likely N-dealkylation sites (tertiary alicyclic amines) is 1. The molecule has 2 atom stereocenters. The number of ether oxygens (including phenoxy) is 2. The van der Waals surface area contributed by atoms with Crippen LogP contribution in [-0.2, 0) is 0 Å². The van der Waals surface area contributed by atoms with E-state index in [0.29, 0.717) is 30.7 Å². The Kier molecular flexibility index (Phi) is 7.86. The minimum absolute atomic E-state index is 0. The van der Waals surface area contributed by atoms with Gasteiger partial charge in [0.05, 0.1) is 7.11 Å². The fourth-order valence-corrected chi connectivity index (χ4v) is 2.68. The highest BCUT2D eigenvalue weighted by Crippen LogP contribution is 2.26. The quantitative estimate of drug-likeness (QED) is 0.876. The summed E-state index contributed by atoms with van der Waals surface area (Å²) in [5.41, 5.74) is 0. The average molecular weight is 316 g/mol. The Morgan fingerprint density at radius 2 is 2.00 bits per heavy atom. The first-order chi connectivity index (χ1) is 9.70. The van der Waals surface area contributed by atoms with Crippen molar-refractivity contribution >= 4 is 12.4 Å². The molecule has 1 aromatic rings. The van der Waals surface area contributed by atoms with Crippen LogP contribution in [0, 0.1) is 0 Å². The van der Waals surface area contributed by atoms with Crippen molar-refractivity contribution in [3.8, 4) is 11.5 Å². The van der Waals surface area contributed by atoms with E-state index in [1.807, 2.05) is 24.3 Å². The average Bonchev–Trinajstić information content (AvgIpc) is 2.48. The lowest BCUT2D eigenvalue weighted by atomic mass is 10.0. The van der Waals surface area contributed by atoms with Crippen molar-refractivity contribution in [1.29, 1.82) is 0 Å². The van der Waals surface area contributed by atoms with Crippen molar-refractivity contribution in [2.45, 2.75) is 38.3 Å². The smallest absolute Gasteiger partial charge is 0.161 e. The summed E-state index contributed by atoms with van der Waals surface area (Å²) in [5, 5.41) is 10.1. The fourth-order valence-electron chi connectivity index (χ4n) is 2.68. The van der Waals surface area contributed by atoms with E-state index in [2.05, 4.69) is 11.8 Å². The van der Waals surface area contributed by atoms with Crippen LogP contribution in [0.2, 0.25) is 0 Å². The van der Waals surface area contributed by atoms with Gasteiger partial charge in [-0.2, -0.15) is 0 Å². The highest BCUT2D eigenvalue weighted by molar-refractivity contribution is 5.85. The van der Waals surface area contributed by atoms with Gasteiger partial charge in [-0.3, -0.25) is 4.90 Å². The molecule has 120 valence electrons. The van der Waals surface area contributed by atoms with Gasteiger partial charge in [0.15, 0.2) is 11.5 Å². The first-order valence-corrected chi connectivity index (χ1v) is 7.38. The van der Waals surface area contributed by atoms with Crippen LogP contribution in [0.15, 0.2) is 24.3 Å². The molecule has 5 heteroatoms. The summed E-state index contributed by atoms with van der Waals surface area (Å²) in [5.74, 6) is 1.38. The minimum Gasteiger partial charge on any atom is -0.493 e. The van der Waals surface area contributed by atoms with Crippen LogP contribution in [0.3, 0.4) is 0 Å². The maximum Gasteiger partial charge on any atom is 0.161 e. The van der Waals surface area contributed by atoms with E-state index in [1.54, 1.807) is 7.11 Å². The van der Waals surface area contributed by atoms with Crippen LogP contribution in [-0.4, -0.2) is 49.0 Å². The van der Waals surface area contributed by atoms with E-state index in [0.717, 1.165) is 6.54 Å². The van der Waals surface area contributed by atoms with Crippen molar-refractivity contribution in [2.24, 2.45) is 0 Å². The monoisotopic (exact) mass is 315 g/mol. The predicted octanol–water partition coefficient (Wildman–Crippen LogP) is 2.73. The molecule has 1 fully saturated rings. The number of methoxy groups -OCH3 is 1. The standard InChI is InChI=1S/C16H25NO3.ClH/c1-13-7-5-6-10-17(13)11-14(18)12-20-16-9-4-3-8-15(16)19-2;/h3-4,8-9,13-14,18H,5-7,10-12H2,1-2H3;1H. The molecule has 0 amide bonds. The van der Waals surface area contributed by atoms with Crippen LogP contribution in [0.25, 0.3) is 0 Å². The van der Waals surface area contributed by atoms with Crippen LogP contribution < -0.4 is 9.47 Å². The molecule has 0 aliphatic carbocycles. The van der Waals surface area contributed by atoms with E-state index in [-0.39, 0.29) is 12.4 Å². The van der Waals surface area contributed by atoms with Crippen LogP contribution >= 0.6 is 12.4 Å². The Labute approximate surface area is 133 Å². The first kappa shape index (κ1) is 18.1. The lowest BCUT2D eigenvalue weighted by Gasteiger charge is -2.34. The summed E-state index contributed by atoms with van der Waals surface area (Å²) in [7, 11) is 1.62. The SMILES string of the molecule is COc1ccccc1OCC(O)CN1CCCCC1C.Cl. The normalized spacial score (nSPS) is 20.4. The molecule has 21 heavy (non-hydrogen) atoms. The first-order valence-electron chi connectivity index (χ1n) is 7.38. The van der Waals surface area contributed by atoms with Crippen molar-refractivity contribution in [2.75, 3.05) is 26.8 Å². The molecular weight excluding hydrogens is 290 g/mol. The molecule has 4 nitrogen and oxygen atoms in total. The lowest BCUT2D eigenvalue weighted by molar-refractivity contribution is 0.0431. The summed E-state index contributed by atoms with van der Waals surface area (Å²) in [6, 6.07) is 8.07. The number of benzene rings is 1. The van der Waals surface area contributed by atoms with Gasteiger partial charge in [-0.25, -0.2) is 0 Å². The number of hydrogen-bond donors (Lipinski definition) is 1.